The van der Waals surface area contributed by atoms with Crippen molar-refractivity contribution in [1.82, 2.24) is 30.0 Å². The van der Waals surface area contributed by atoms with Gasteiger partial charge in [-0.3, -0.25) is 14.3 Å². The molecule has 2 N–H and O–H groups in total. The number of nitrogens with one attached hydrogen (secondary N) is 2. The number of carbonyl (C=O) groups is 2. The monoisotopic (exact) mass is 1100 g/mol. The number of hydrogen-bond donors (Lipinski definition) is 2. The number of benzene rings is 3. The van der Waals surface area contributed by atoms with Gasteiger partial charge in [0.05, 0.1) is 39.1 Å². The Kier molecular flexibility index (Phi) is 25.8. The average Bonchev–Trinajstić information content (AvgIpc) is 4.04. The Bertz CT molecular complexity index is 2590. The van der Waals surface area contributed by atoms with E-state index in [0.29, 0.717) is 87.1 Å². The van der Waals surface area contributed by atoms with E-state index in [1.807, 2.05) is 35.4 Å². The fourth-order valence-electron chi connectivity index (χ4n) is 11.2. The predicted octanol–water partition coefficient (Wildman–Crippen LogP) is 13.2. The van der Waals surface area contributed by atoms with Gasteiger partial charge in [0.1, 0.15) is 17.0 Å². The number of aromatic nitrogens is 4. The first kappa shape index (κ1) is 62.0. The minimum absolute atomic E-state index is 0.0115. The van der Waals surface area contributed by atoms with Crippen LogP contribution in [-0.2, 0) is 20.6 Å². The molecule has 1 atom stereocenters. The van der Waals surface area contributed by atoms with Crippen molar-refractivity contribution in [1.29, 1.82) is 0 Å². The molecule has 0 radical (unpaired) electrons. The van der Waals surface area contributed by atoms with Crippen molar-refractivity contribution in [3.05, 3.63) is 95.0 Å². The number of azide groups is 1. The van der Waals surface area contributed by atoms with Gasteiger partial charge >= 0.3 is 0 Å². The van der Waals surface area contributed by atoms with Gasteiger partial charge in [0.25, 0.3) is 8.32 Å². The molecule has 1 saturated heterocycles. The van der Waals surface area contributed by atoms with Gasteiger partial charge in [-0.25, -0.2) is 9.97 Å². The maximum absolute atomic E-state index is 13.3. The number of rotatable bonds is 36. The van der Waals surface area contributed by atoms with Crippen LogP contribution in [0.1, 0.15) is 175 Å². The van der Waals surface area contributed by atoms with Gasteiger partial charge in [0.15, 0.2) is 11.3 Å². The summed E-state index contributed by atoms with van der Waals surface area (Å²) in [6, 6.07) is 25.1. The Labute approximate surface area is 472 Å². The average molecular weight is 1100 g/mol. The Morgan fingerprint density at radius 1 is 0.734 bits per heavy atom. The molecular weight excluding hydrogens is 1010 g/mol. The van der Waals surface area contributed by atoms with Crippen molar-refractivity contribution in [2.24, 2.45) is 5.11 Å². The summed E-state index contributed by atoms with van der Waals surface area (Å²) in [7, 11) is 0.445. The zero-order valence-corrected chi connectivity index (χ0v) is 49.9. The summed E-state index contributed by atoms with van der Waals surface area (Å²) in [6.45, 7) is 15.1. The highest BCUT2D eigenvalue weighted by Gasteiger charge is 2.50. The third kappa shape index (κ3) is 18.4. The normalized spacial score (nSPS) is 13.3. The minimum atomic E-state index is -2.85. The highest BCUT2D eigenvalue weighted by atomic mass is 28.4. The van der Waals surface area contributed by atoms with Crippen LogP contribution in [0.3, 0.4) is 0 Å². The van der Waals surface area contributed by atoms with Gasteiger partial charge in [-0.2, -0.15) is 5.10 Å². The van der Waals surface area contributed by atoms with Crippen molar-refractivity contribution in [3.8, 4) is 11.5 Å². The predicted molar refractivity (Wildman–Crippen MR) is 324 cm³/mol. The molecule has 0 aliphatic carbocycles. The van der Waals surface area contributed by atoms with Crippen LogP contribution in [0, 0.1) is 0 Å². The van der Waals surface area contributed by atoms with E-state index in [4.69, 9.17) is 19.0 Å². The molecule has 6 rings (SSSR count). The number of carbonyl (C=O) groups excluding carboxylic acids is 2. The molecule has 0 bridgehead atoms. The molecule has 79 heavy (non-hydrogen) atoms. The minimum Gasteiger partial charge on any atom is -0.496 e. The van der Waals surface area contributed by atoms with Crippen LogP contribution < -0.4 is 35.4 Å². The number of nitrogens with zero attached hydrogens (tertiary/aromatic N) is 9. The Morgan fingerprint density at radius 2 is 1.29 bits per heavy atom. The molecule has 3 heterocycles. The lowest BCUT2D eigenvalue weighted by molar-refractivity contribution is -0.131. The van der Waals surface area contributed by atoms with E-state index in [0.717, 1.165) is 49.8 Å². The molecule has 16 nitrogen and oxygen atoms in total. The highest BCUT2D eigenvalue weighted by Crippen LogP contribution is 2.38. The number of amides is 2. The Hall–Kier alpha value is -6.16. The lowest BCUT2D eigenvalue weighted by Gasteiger charge is -2.43. The van der Waals surface area contributed by atoms with Crippen molar-refractivity contribution < 1.29 is 23.5 Å². The summed E-state index contributed by atoms with van der Waals surface area (Å²) >= 11 is 0. The van der Waals surface area contributed by atoms with Crippen LogP contribution in [0.2, 0.25) is 5.04 Å². The molecular formula is C62H93N11O5Si. The number of fused-ring (bicyclic) bond motifs is 1. The number of unbranched alkanes of at least 4 members (excludes halogenated alkanes) is 15. The molecule has 430 valence electrons. The molecule has 17 heteroatoms. The van der Waals surface area contributed by atoms with E-state index in [9.17, 15) is 15.1 Å². The van der Waals surface area contributed by atoms with Crippen molar-refractivity contribution >= 4 is 59.0 Å². The van der Waals surface area contributed by atoms with E-state index in [1.165, 1.54) is 93.8 Å². The van der Waals surface area contributed by atoms with E-state index in [-0.39, 0.29) is 28.8 Å². The highest BCUT2D eigenvalue weighted by molar-refractivity contribution is 6.99. The number of ether oxygens (including phenoxy) is 2. The Morgan fingerprint density at radius 3 is 1.82 bits per heavy atom. The fourth-order valence-corrected chi connectivity index (χ4v) is 15.8. The summed E-state index contributed by atoms with van der Waals surface area (Å²) in [5, 5.41) is 17.8. The number of piperazine rings is 1. The van der Waals surface area contributed by atoms with Gasteiger partial charge in [-0.05, 0) is 51.7 Å². The molecule has 2 amide bonds. The van der Waals surface area contributed by atoms with E-state index >= 15 is 0 Å². The van der Waals surface area contributed by atoms with Crippen LogP contribution >= 0.6 is 0 Å². The van der Waals surface area contributed by atoms with Crippen molar-refractivity contribution in [2.45, 2.75) is 187 Å². The molecule has 0 saturated carbocycles. The fraction of sp³-hybridized carbons (Fsp3) is 0.597. The third-order valence-corrected chi connectivity index (χ3v) is 20.5. The van der Waals surface area contributed by atoms with Gasteiger partial charge in [-0.1, -0.05) is 192 Å². The second-order valence-corrected chi connectivity index (χ2v) is 26.7. The molecule has 2 aromatic heterocycles. The largest absolute Gasteiger partial charge is 0.496 e. The summed E-state index contributed by atoms with van der Waals surface area (Å²) in [5.41, 5.74) is 12.2. The summed E-state index contributed by atoms with van der Waals surface area (Å²) < 4.78 is 21.2. The maximum Gasteiger partial charge on any atom is 0.261 e. The number of hydrogen-bond acceptors (Lipinski definition) is 11. The van der Waals surface area contributed by atoms with Crippen LogP contribution in [0.15, 0.2) is 84.1 Å². The summed E-state index contributed by atoms with van der Waals surface area (Å²) in [4.78, 5) is 42.2. The first-order valence-electron chi connectivity index (χ1n) is 29.8. The van der Waals surface area contributed by atoms with Gasteiger partial charge in [-0.15, -0.1) is 0 Å². The first-order valence-corrected chi connectivity index (χ1v) is 31.7. The lowest BCUT2D eigenvalue weighted by Crippen LogP contribution is -2.67. The lowest BCUT2D eigenvalue weighted by atomic mass is 10.0. The van der Waals surface area contributed by atoms with E-state index < -0.39 is 8.32 Å². The summed E-state index contributed by atoms with van der Waals surface area (Å²) in [5.74, 6) is 1.99. The summed E-state index contributed by atoms with van der Waals surface area (Å²) in [6.07, 6.45) is 25.8. The molecule has 1 aliphatic heterocycles. The first-order chi connectivity index (χ1) is 38.4. The van der Waals surface area contributed by atoms with Gasteiger partial charge in [0, 0.05) is 74.3 Å². The SMILES string of the molecule is CCCCCCCCCCCCCCCCCC(=O)NCCCCC(=O)N1CCN(c2cc(OC)c(Cn3cc4nc(N=[N+]=[N-])nc(N[C@@H](CCC)CO[Si](c5ccccc5)(c5ccccc5)C(C)(C)C)c4n3)c(OC)c2)CC1. The zero-order chi connectivity index (χ0) is 56.3. The number of methoxy groups -OCH3 is 2. The van der Waals surface area contributed by atoms with Crippen molar-refractivity contribution in [3.63, 3.8) is 0 Å². The van der Waals surface area contributed by atoms with Crippen molar-refractivity contribution in [2.75, 3.05) is 63.8 Å². The van der Waals surface area contributed by atoms with Crippen LogP contribution in [-0.4, -0.2) is 104 Å². The molecule has 0 unspecified atom stereocenters. The second kappa shape index (κ2) is 32.8. The maximum atomic E-state index is 13.3. The van der Waals surface area contributed by atoms with Crippen LogP contribution in [0.25, 0.3) is 21.5 Å². The topological polar surface area (TPSA) is 185 Å². The van der Waals surface area contributed by atoms with E-state index in [1.54, 1.807) is 18.9 Å². The molecule has 5 aromatic rings. The molecule has 0 spiro atoms. The standard InChI is InChI=1S/C62H93N11O5Si/c1-8-10-11-12-13-14-15-16-17-18-19-20-21-22-29-37-57(74)64-39-31-30-38-58(75)72-42-40-71(41-43-72)50-44-55(76-6)53(56(45-50)77-7)46-73-47-54-59(69-73)60(67-61(66-54)68-70-63)65-49(32-9-2)48-78-79(62(3,4)5,51-33-25-23-26-34-51)52-35-27-24-28-36-52/h23-28,33-36,44-45,47,49H,8-22,29-32,37-43,46,48H2,1-7H3,(H,64,74)(H,65,66,67)/t49-/m0/s1. The third-order valence-electron chi connectivity index (χ3n) is 15.5. The zero-order valence-electron chi connectivity index (χ0n) is 48.9. The van der Waals surface area contributed by atoms with Gasteiger partial charge < -0.3 is 34.3 Å². The van der Waals surface area contributed by atoms with Crippen LogP contribution in [0.5, 0.6) is 11.5 Å². The molecule has 1 aliphatic rings. The molecule has 1 fully saturated rings. The Balaban J connectivity index is 0.985. The quantitative estimate of drug-likeness (QED) is 0.0129. The number of anilines is 2. The van der Waals surface area contributed by atoms with E-state index in [2.05, 4.69) is 119 Å². The second-order valence-electron chi connectivity index (χ2n) is 22.4. The van der Waals surface area contributed by atoms with Gasteiger partial charge in [0.2, 0.25) is 17.8 Å². The smallest absolute Gasteiger partial charge is 0.261 e. The van der Waals surface area contributed by atoms with Crippen LogP contribution in [0.4, 0.5) is 17.5 Å². The molecule has 3 aromatic carbocycles.